The van der Waals surface area contributed by atoms with Crippen LogP contribution in [-0.2, 0) is 0 Å². The molecule has 0 aliphatic carbocycles. The molecule has 1 aromatic heterocycles. The first-order valence-electron chi connectivity index (χ1n) is 9.07. The molecule has 4 rings (SSSR count). The minimum absolute atomic E-state index is 0.156. The molecule has 0 saturated heterocycles. The molecule has 1 amide bonds. The molecule has 0 radical (unpaired) electrons. The molecule has 0 bridgehead atoms. The van der Waals surface area contributed by atoms with Gasteiger partial charge in [0.15, 0.2) is 5.58 Å². The maximum absolute atomic E-state index is 12.6. The molecule has 28 heavy (non-hydrogen) atoms. The number of hydrogen-bond acceptors (Lipinski definition) is 3. The molecule has 0 atom stereocenters. The van der Waals surface area contributed by atoms with Crippen LogP contribution in [0.5, 0.6) is 0 Å². The van der Waals surface area contributed by atoms with Gasteiger partial charge in [0.2, 0.25) is 5.89 Å². The molecule has 1 N–H and O–H groups in total. The van der Waals surface area contributed by atoms with Crippen LogP contribution >= 0.6 is 11.6 Å². The molecule has 0 fully saturated rings. The summed E-state index contributed by atoms with van der Waals surface area (Å²) >= 11 is 6.01. The van der Waals surface area contributed by atoms with E-state index in [0.29, 0.717) is 39.2 Å². The zero-order valence-electron chi connectivity index (χ0n) is 15.6. The fraction of sp³-hybridized carbons (Fsp3) is 0.130. The van der Waals surface area contributed by atoms with Crippen LogP contribution in [0.2, 0.25) is 5.02 Å². The van der Waals surface area contributed by atoms with Crippen LogP contribution in [0.15, 0.2) is 71.1 Å². The molecule has 1 heterocycles. The summed E-state index contributed by atoms with van der Waals surface area (Å²) in [5.41, 5.74) is 4.64. The number of oxazole rings is 1. The van der Waals surface area contributed by atoms with Crippen LogP contribution in [0.4, 0.5) is 5.69 Å². The second kappa shape index (κ2) is 7.49. The summed E-state index contributed by atoms with van der Waals surface area (Å²) in [7, 11) is 0. The van der Waals surface area contributed by atoms with Crippen molar-refractivity contribution in [1.82, 2.24) is 4.98 Å². The molecule has 140 valence electrons. The number of carbonyl (C=O) groups is 1. The lowest BCUT2D eigenvalue weighted by Crippen LogP contribution is -2.11. The topological polar surface area (TPSA) is 55.1 Å². The Balaban J connectivity index is 1.56. The van der Waals surface area contributed by atoms with Gasteiger partial charge in [-0.05, 0) is 60.0 Å². The van der Waals surface area contributed by atoms with Gasteiger partial charge in [0.25, 0.3) is 5.91 Å². The number of aromatic nitrogens is 1. The minimum Gasteiger partial charge on any atom is -0.436 e. The highest BCUT2D eigenvalue weighted by atomic mass is 35.5. The largest absolute Gasteiger partial charge is 0.436 e. The number of nitrogens with zero attached hydrogens (tertiary/aromatic N) is 1. The fourth-order valence-corrected chi connectivity index (χ4v) is 3.14. The van der Waals surface area contributed by atoms with E-state index in [9.17, 15) is 4.79 Å². The third-order valence-electron chi connectivity index (χ3n) is 4.56. The van der Waals surface area contributed by atoms with Crippen molar-refractivity contribution in [2.75, 3.05) is 5.32 Å². The average Bonchev–Trinajstić information content (AvgIpc) is 3.11. The molecule has 0 spiro atoms. The Bertz CT molecular complexity index is 1150. The number of hydrogen-bond donors (Lipinski definition) is 1. The van der Waals surface area contributed by atoms with Gasteiger partial charge in [0, 0.05) is 21.8 Å². The number of anilines is 1. The predicted octanol–water partition coefficient (Wildman–Crippen LogP) is 6.52. The van der Waals surface area contributed by atoms with E-state index in [4.69, 9.17) is 16.0 Å². The minimum atomic E-state index is -0.156. The Morgan fingerprint density at radius 3 is 2.57 bits per heavy atom. The summed E-state index contributed by atoms with van der Waals surface area (Å²) in [6, 6.07) is 20.4. The molecule has 0 unspecified atom stereocenters. The third-order valence-corrected chi connectivity index (χ3v) is 4.79. The van der Waals surface area contributed by atoms with E-state index in [1.54, 1.807) is 18.2 Å². The molecule has 4 aromatic rings. The fourth-order valence-electron chi connectivity index (χ4n) is 2.98. The van der Waals surface area contributed by atoms with Gasteiger partial charge < -0.3 is 9.73 Å². The highest BCUT2D eigenvalue weighted by Gasteiger charge is 2.11. The smallest absolute Gasteiger partial charge is 0.255 e. The Labute approximate surface area is 168 Å². The van der Waals surface area contributed by atoms with Crippen molar-refractivity contribution in [2.45, 2.75) is 19.8 Å². The van der Waals surface area contributed by atoms with Crippen LogP contribution in [0.1, 0.15) is 35.7 Å². The lowest BCUT2D eigenvalue weighted by molar-refractivity contribution is 0.102. The van der Waals surface area contributed by atoms with Crippen molar-refractivity contribution in [3.05, 3.63) is 82.9 Å². The zero-order chi connectivity index (χ0) is 19.7. The monoisotopic (exact) mass is 390 g/mol. The highest BCUT2D eigenvalue weighted by Crippen LogP contribution is 2.28. The van der Waals surface area contributed by atoms with E-state index >= 15 is 0 Å². The second-order valence-corrected chi connectivity index (χ2v) is 7.38. The first-order valence-corrected chi connectivity index (χ1v) is 9.45. The number of amides is 1. The van der Waals surface area contributed by atoms with Gasteiger partial charge in [-0.3, -0.25) is 4.79 Å². The number of halogens is 1. The average molecular weight is 391 g/mol. The van der Waals surface area contributed by atoms with Gasteiger partial charge >= 0.3 is 0 Å². The Kier molecular flexibility index (Phi) is 4.88. The van der Waals surface area contributed by atoms with E-state index in [1.807, 2.05) is 48.5 Å². The lowest BCUT2D eigenvalue weighted by atomic mass is 10.0. The summed E-state index contributed by atoms with van der Waals surface area (Å²) < 4.78 is 5.81. The molecule has 0 aliphatic rings. The first-order chi connectivity index (χ1) is 13.5. The van der Waals surface area contributed by atoms with E-state index in [1.165, 1.54) is 5.56 Å². The van der Waals surface area contributed by atoms with Crippen molar-refractivity contribution >= 4 is 34.3 Å². The van der Waals surface area contributed by atoms with Crippen LogP contribution in [0.3, 0.4) is 0 Å². The van der Waals surface area contributed by atoms with Crippen molar-refractivity contribution in [3.8, 4) is 11.5 Å². The SMILES string of the molecule is CC(C)c1ccc(C(=O)Nc2cccc(-c3nc4cc(Cl)ccc4o3)c2)cc1. The van der Waals surface area contributed by atoms with Crippen molar-refractivity contribution < 1.29 is 9.21 Å². The molecule has 5 heteroatoms. The quantitative estimate of drug-likeness (QED) is 0.431. The summed E-state index contributed by atoms with van der Waals surface area (Å²) in [4.78, 5) is 17.0. The second-order valence-electron chi connectivity index (χ2n) is 6.94. The first kappa shape index (κ1) is 18.3. The molecular weight excluding hydrogens is 372 g/mol. The summed E-state index contributed by atoms with van der Waals surface area (Å²) in [6.07, 6.45) is 0. The molecule has 3 aromatic carbocycles. The van der Waals surface area contributed by atoms with Crippen LogP contribution in [0, 0.1) is 0 Å². The van der Waals surface area contributed by atoms with Crippen LogP contribution < -0.4 is 5.32 Å². The van der Waals surface area contributed by atoms with Crippen molar-refractivity contribution in [3.63, 3.8) is 0 Å². The lowest BCUT2D eigenvalue weighted by Gasteiger charge is -2.08. The number of fused-ring (bicyclic) bond motifs is 1. The van der Waals surface area contributed by atoms with Gasteiger partial charge in [0.05, 0.1) is 0 Å². The molecular formula is C23H19ClN2O2. The number of benzene rings is 3. The van der Waals surface area contributed by atoms with Crippen molar-refractivity contribution in [1.29, 1.82) is 0 Å². The standard InChI is InChI=1S/C23H19ClN2O2/c1-14(2)15-6-8-16(9-7-15)22(27)25-19-5-3-4-17(12-19)23-26-20-13-18(24)10-11-21(20)28-23/h3-14H,1-2H3,(H,25,27). The highest BCUT2D eigenvalue weighted by molar-refractivity contribution is 6.31. The molecule has 0 aliphatic heterocycles. The summed E-state index contributed by atoms with van der Waals surface area (Å²) in [5.74, 6) is 0.756. The van der Waals surface area contributed by atoms with Crippen molar-refractivity contribution in [2.24, 2.45) is 0 Å². The number of rotatable bonds is 4. The van der Waals surface area contributed by atoms with Gasteiger partial charge in [-0.2, -0.15) is 0 Å². The summed E-state index contributed by atoms with van der Waals surface area (Å²) in [6.45, 7) is 4.25. The summed E-state index contributed by atoms with van der Waals surface area (Å²) in [5, 5.41) is 3.54. The Morgan fingerprint density at radius 1 is 1.04 bits per heavy atom. The zero-order valence-corrected chi connectivity index (χ0v) is 16.3. The van der Waals surface area contributed by atoms with Gasteiger partial charge in [-0.25, -0.2) is 4.98 Å². The predicted molar refractivity (Wildman–Crippen MR) is 113 cm³/mol. The maximum atomic E-state index is 12.6. The Morgan fingerprint density at radius 2 is 1.82 bits per heavy atom. The van der Waals surface area contributed by atoms with Crippen LogP contribution in [-0.4, -0.2) is 10.9 Å². The van der Waals surface area contributed by atoms with E-state index < -0.39 is 0 Å². The van der Waals surface area contributed by atoms with E-state index in [2.05, 4.69) is 24.1 Å². The number of nitrogens with one attached hydrogen (secondary N) is 1. The van der Waals surface area contributed by atoms with Gasteiger partial charge in [0.1, 0.15) is 5.52 Å². The van der Waals surface area contributed by atoms with Gasteiger partial charge in [-0.1, -0.05) is 43.6 Å². The van der Waals surface area contributed by atoms with Gasteiger partial charge in [-0.15, -0.1) is 0 Å². The molecule has 0 saturated carbocycles. The molecule has 4 nitrogen and oxygen atoms in total. The third kappa shape index (κ3) is 3.78. The normalized spacial score (nSPS) is 11.1. The van der Waals surface area contributed by atoms with E-state index in [-0.39, 0.29) is 5.91 Å². The maximum Gasteiger partial charge on any atom is 0.255 e. The Hall–Kier alpha value is -3.11. The number of carbonyl (C=O) groups excluding carboxylic acids is 1. The van der Waals surface area contributed by atoms with Crippen LogP contribution in [0.25, 0.3) is 22.6 Å². The van der Waals surface area contributed by atoms with E-state index in [0.717, 1.165) is 5.56 Å².